The molecular weight excluding hydrogens is 356 g/mol. The van der Waals surface area contributed by atoms with E-state index in [-0.39, 0.29) is 0 Å². The van der Waals surface area contributed by atoms with Crippen molar-refractivity contribution in [2.75, 3.05) is 10.6 Å². The van der Waals surface area contributed by atoms with Crippen molar-refractivity contribution < 1.29 is 0 Å². The third-order valence-corrected chi connectivity index (χ3v) is 4.09. The van der Waals surface area contributed by atoms with Crippen LogP contribution >= 0.6 is 15.9 Å². The van der Waals surface area contributed by atoms with E-state index in [9.17, 15) is 0 Å². The summed E-state index contributed by atoms with van der Waals surface area (Å²) in [5, 5.41) is 14.4. The van der Waals surface area contributed by atoms with E-state index >= 15 is 0 Å². The Morgan fingerprint density at radius 3 is 2.74 bits per heavy atom. The average molecular weight is 371 g/mol. The third-order valence-electron chi connectivity index (χ3n) is 3.20. The molecule has 116 valence electrons. The van der Waals surface area contributed by atoms with Gasteiger partial charge in [0.05, 0.1) is 6.20 Å². The minimum atomic E-state index is 0.450. The number of nitrogens with one attached hydrogen (secondary N) is 2. The highest BCUT2D eigenvalue weighted by atomic mass is 79.9. The van der Waals surface area contributed by atoms with Crippen LogP contribution in [0.1, 0.15) is 11.1 Å². The second-order valence-electron chi connectivity index (χ2n) is 4.96. The lowest BCUT2D eigenvalue weighted by molar-refractivity contribution is 0.965. The summed E-state index contributed by atoms with van der Waals surface area (Å²) in [6.07, 6.45) is 5.12. The van der Waals surface area contributed by atoms with Gasteiger partial charge in [0.1, 0.15) is 0 Å². The van der Waals surface area contributed by atoms with Crippen molar-refractivity contribution in [3.8, 4) is 0 Å². The maximum Gasteiger partial charge on any atom is 0.249 e. The van der Waals surface area contributed by atoms with Crippen LogP contribution < -0.4 is 10.6 Å². The summed E-state index contributed by atoms with van der Waals surface area (Å²) in [6, 6.07) is 9.86. The molecule has 23 heavy (non-hydrogen) atoms. The average Bonchev–Trinajstić information content (AvgIpc) is 2.58. The van der Waals surface area contributed by atoms with Gasteiger partial charge in [-0.1, -0.05) is 15.9 Å². The fraction of sp³-hybridized carbons (Fsp3) is 0.125. The van der Waals surface area contributed by atoms with Crippen LogP contribution in [0, 0.1) is 6.92 Å². The Hall–Kier alpha value is -2.54. The zero-order valence-corrected chi connectivity index (χ0v) is 14.1. The van der Waals surface area contributed by atoms with Gasteiger partial charge in [0.25, 0.3) is 0 Å². The highest BCUT2D eigenvalue weighted by Crippen LogP contribution is 2.21. The molecule has 7 heteroatoms. The number of rotatable bonds is 5. The van der Waals surface area contributed by atoms with Gasteiger partial charge in [-0.25, -0.2) is 0 Å². The number of aryl methyl sites for hydroxylation is 1. The molecular formula is C16H15BrN6. The van der Waals surface area contributed by atoms with Gasteiger partial charge in [-0.3, -0.25) is 4.98 Å². The minimum absolute atomic E-state index is 0.450. The van der Waals surface area contributed by atoms with Gasteiger partial charge in [-0.15, -0.1) is 5.10 Å². The third kappa shape index (κ3) is 4.23. The smallest absolute Gasteiger partial charge is 0.249 e. The SMILES string of the molecule is Cc1cc(Nc2nncc(NCc3ccncc3)n2)ccc1Br. The molecule has 0 radical (unpaired) electrons. The van der Waals surface area contributed by atoms with Gasteiger partial charge in [0, 0.05) is 29.1 Å². The number of aromatic nitrogens is 4. The minimum Gasteiger partial charge on any atom is -0.365 e. The topological polar surface area (TPSA) is 75.6 Å². The lowest BCUT2D eigenvalue weighted by Gasteiger charge is -2.08. The van der Waals surface area contributed by atoms with Crippen LogP contribution in [-0.4, -0.2) is 20.2 Å². The Kier molecular flexibility index (Phi) is 4.77. The number of anilines is 3. The lowest BCUT2D eigenvalue weighted by Crippen LogP contribution is -2.05. The van der Waals surface area contributed by atoms with Crippen LogP contribution in [0.4, 0.5) is 17.5 Å². The van der Waals surface area contributed by atoms with Gasteiger partial charge >= 0.3 is 0 Å². The van der Waals surface area contributed by atoms with Gasteiger partial charge in [0.15, 0.2) is 5.82 Å². The molecule has 0 unspecified atom stereocenters. The van der Waals surface area contributed by atoms with Crippen LogP contribution in [0.15, 0.2) is 53.4 Å². The van der Waals surface area contributed by atoms with Crippen molar-refractivity contribution in [3.05, 3.63) is 64.5 Å². The van der Waals surface area contributed by atoms with E-state index in [4.69, 9.17) is 0 Å². The van der Waals surface area contributed by atoms with E-state index in [0.717, 1.165) is 21.3 Å². The summed E-state index contributed by atoms with van der Waals surface area (Å²) in [7, 11) is 0. The fourth-order valence-corrected chi connectivity index (χ4v) is 2.23. The molecule has 2 N–H and O–H groups in total. The number of hydrogen-bond acceptors (Lipinski definition) is 6. The molecule has 0 aliphatic heterocycles. The van der Waals surface area contributed by atoms with Gasteiger partial charge in [-0.2, -0.15) is 10.1 Å². The van der Waals surface area contributed by atoms with E-state index in [0.29, 0.717) is 18.3 Å². The number of nitrogens with zero attached hydrogens (tertiary/aromatic N) is 4. The first-order chi connectivity index (χ1) is 11.2. The number of halogens is 1. The Labute approximate surface area is 142 Å². The standard InChI is InChI=1S/C16H15BrN6/c1-11-8-13(2-3-14(11)17)21-16-22-15(10-20-23-16)19-9-12-4-6-18-7-5-12/h2-8,10H,9H2,1H3,(H2,19,21,22,23). The zero-order valence-electron chi connectivity index (χ0n) is 12.5. The molecule has 3 rings (SSSR count). The van der Waals surface area contributed by atoms with Crippen molar-refractivity contribution in [2.45, 2.75) is 13.5 Å². The van der Waals surface area contributed by atoms with Crippen LogP contribution in [0.25, 0.3) is 0 Å². The Bertz CT molecular complexity index is 794. The van der Waals surface area contributed by atoms with Gasteiger partial charge in [-0.05, 0) is 48.4 Å². The number of benzene rings is 1. The molecule has 2 heterocycles. The molecule has 2 aromatic heterocycles. The molecule has 0 saturated carbocycles. The molecule has 0 atom stereocenters. The monoisotopic (exact) mass is 370 g/mol. The quantitative estimate of drug-likeness (QED) is 0.713. The maximum absolute atomic E-state index is 4.41. The fourth-order valence-electron chi connectivity index (χ4n) is 1.99. The Morgan fingerprint density at radius 1 is 1.13 bits per heavy atom. The van der Waals surface area contributed by atoms with Crippen molar-refractivity contribution in [1.82, 2.24) is 20.2 Å². The molecule has 0 amide bonds. The van der Waals surface area contributed by atoms with E-state index in [1.165, 1.54) is 0 Å². The first-order valence-electron chi connectivity index (χ1n) is 7.06. The highest BCUT2D eigenvalue weighted by molar-refractivity contribution is 9.10. The molecule has 6 nitrogen and oxygen atoms in total. The molecule has 0 aliphatic rings. The summed E-state index contributed by atoms with van der Waals surface area (Å²) in [4.78, 5) is 8.41. The lowest BCUT2D eigenvalue weighted by atomic mass is 10.2. The normalized spacial score (nSPS) is 10.3. The molecule has 0 aliphatic carbocycles. The summed E-state index contributed by atoms with van der Waals surface area (Å²) in [5.74, 6) is 1.11. The molecule has 0 fully saturated rings. The van der Waals surface area contributed by atoms with Gasteiger partial charge in [0.2, 0.25) is 5.95 Å². The van der Waals surface area contributed by atoms with E-state index < -0.39 is 0 Å². The predicted molar refractivity (Wildman–Crippen MR) is 93.6 cm³/mol. The second kappa shape index (κ2) is 7.15. The first kappa shape index (κ1) is 15.4. The molecule has 0 bridgehead atoms. The van der Waals surface area contributed by atoms with E-state index in [2.05, 4.69) is 46.7 Å². The number of pyridine rings is 1. The van der Waals surface area contributed by atoms with Crippen molar-refractivity contribution in [2.24, 2.45) is 0 Å². The predicted octanol–water partition coefficient (Wildman–Crippen LogP) is 3.69. The molecule has 3 aromatic rings. The van der Waals surface area contributed by atoms with E-state index in [1.807, 2.05) is 37.3 Å². The molecule has 1 aromatic carbocycles. The second-order valence-corrected chi connectivity index (χ2v) is 5.82. The van der Waals surface area contributed by atoms with E-state index in [1.54, 1.807) is 18.6 Å². The van der Waals surface area contributed by atoms with Crippen LogP contribution in [0.5, 0.6) is 0 Å². The van der Waals surface area contributed by atoms with Crippen LogP contribution in [0.2, 0.25) is 0 Å². The summed E-state index contributed by atoms with van der Waals surface area (Å²) in [6.45, 7) is 2.68. The van der Waals surface area contributed by atoms with Crippen molar-refractivity contribution in [3.63, 3.8) is 0 Å². The number of hydrogen-bond donors (Lipinski definition) is 2. The van der Waals surface area contributed by atoms with Crippen molar-refractivity contribution >= 4 is 33.4 Å². The summed E-state index contributed by atoms with van der Waals surface area (Å²) >= 11 is 3.48. The molecule has 0 spiro atoms. The van der Waals surface area contributed by atoms with Crippen molar-refractivity contribution in [1.29, 1.82) is 0 Å². The zero-order chi connectivity index (χ0) is 16.1. The highest BCUT2D eigenvalue weighted by Gasteiger charge is 2.03. The van der Waals surface area contributed by atoms with Crippen LogP contribution in [0.3, 0.4) is 0 Å². The largest absolute Gasteiger partial charge is 0.365 e. The summed E-state index contributed by atoms with van der Waals surface area (Å²) in [5.41, 5.74) is 3.17. The van der Waals surface area contributed by atoms with Gasteiger partial charge < -0.3 is 10.6 Å². The summed E-state index contributed by atoms with van der Waals surface area (Å²) < 4.78 is 1.06. The Balaban J connectivity index is 1.68. The molecule has 0 saturated heterocycles. The first-order valence-corrected chi connectivity index (χ1v) is 7.86. The van der Waals surface area contributed by atoms with Crippen LogP contribution in [-0.2, 0) is 6.54 Å². The maximum atomic E-state index is 4.41. The Morgan fingerprint density at radius 2 is 1.96 bits per heavy atom.